The van der Waals surface area contributed by atoms with Gasteiger partial charge in [0.25, 0.3) is 5.91 Å². The molecule has 1 atom stereocenters. The third kappa shape index (κ3) is 3.47. The second-order valence-corrected chi connectivity index (χ2v) is 7.36. The van der Waals surface area contributed by atoms with E-state index in [0.29, 0.717) is 12.0 Å². The lowest BCUT2D eigenvalue weighted by Crippen LogP contribution is -2.43. The number of ether oxygens (including phenoxy) is 1. The fraction of sp³-hybridized carbons (Fsp3) is 0.409. The highest BCUT2D eigenvalue weighted by Gasteiger charge is 2.35. The molecular formula is C22H27NO3. The van der Waals surface area contributed by atoms with Gasteiger partial charge < -0.3 is 15.2 Å². The van der Waals surface area contributed by atoms with Crippen LogP contribution in [-0.2, 0) is 12.0 Å². The minimum absolute atomic E-state index is 0.130. The van der Waals surface area contributed by atoms with Crippen LogP contribution >= 0.6 is 0 Å². The fourth-order valence-electron chi connectivity index (χ4n) is 4.10. The Morgan fingerprint density at radius 3 is 2.54 bits per heavy atom. The number of nitrogens with one attached hydrogen (secondary N) is 1. The molecule has 1 aliphatic carbocycles. The van der Waals surface area contributed by atoms with E-state index in [-0.39, 0.29) is 12.5 Å². The fourth-order valence-corrected chi connectivity index (χ4v) is 4.10. The second kappa shape index (κ2) is 7.12. The molecule has 1 amide bonds. The molecule has 2 aromatic carbocycles. The smallest absolute Gasteiger partial charge is 0.251 e. The van der Waals surface area contributed by atoms with Crippen LogP contribution in [0.2, 0.25) is 0 Å². The first kappa shape index (κ1) is 18.5. The van der Waals surface area contributed by atoms with E-state index in [9.17, 15) is 9.90 Å². The first-order valence-corrected chi connectivity index (χ1v) is 9.10. The van der Waals surface area contributed by atoms with Crippen LogP contribution in [0.25, 0.3) is 0 Å². The van der Waals surface area contributed by atoms with Gasteiger partial charge in [-0.2, -0.15) is 0 Å². The van der Waals surface area contributed by atoms with E-state index in [1.165, 1.54) is 0 Å². The summed E-state index contributed by atoms with van der Waals surface area (Å²) in [5.74, 6) is 0.664. The first-order chi connectivity index (χ1) is 12.3. The molecule has 0 bridgehead atoms. The molecule has 0 radical (unpaired) electrons. The number of rotatable bonds is 4. The molecular weight excluding hydrogens is 326 g/mol. The van der Waals surface area contributed by atoms with Gasteiger partial charge in [-0.25, -0.2) is 0 Å². The van der Waals surface area contributed by atoms with Crippen molar-refractivity contribution < 1.29 is 14.6 Å². The number of fused-ring (bicyclic) bond motifs is 1. The molecule has 138 valence electrons. The molecule has 0 aromatic heterocycles. The average molecular weight is 353 g/mol. The monoisotopic (exact) mass is 353 g/mol. The number of benzene rings is 2. The summed E-state index contributed by atoms with van der Waals surface area (Å²) in [6, 6.07) is 9.79. The minimum atomic E-state index is -1.04. The number of amides is 1. The Kier molecular flexibility index (Phi) is 5.05. The van der Waals surface area contributed by atoms with Gasteiger partial charge in [-0.3, -0.25) is 4.79 Å². The molecule has 0 spiro atoms. The van der Waals surface area contributed by atoms with Crippen molar-refractivity contribution in [1.82, 2.24) is 5.32 Å². The van der Waals surface area contributed by atoms with Crippen LogP contribution < -0.4 is 10.1 Å². The van der Waals surface area contributed by atoms with E-state index in [0.717, 1.165) is 46.4 Å². The summed E-state index contributed by atoms with van der Waals surface area (Å²) in [4.78, 5) is 12.8. The van der Waals surface area contributed by atoms with Gasteiger partial charge in [-0.1, -0.05) is 23.8 Å². The number of hydrogen-bond donors (Lipinski definition) is 2. The van der Waals surface area contributed by atoms with Crippen molar-refractivity contribution in [2.24, 2.45) is 0 Å². The number of methoxy groups -OCH3 is 1. The molecule has 1 unspecified atom stereocenters. The lowest BCUT2D eigenvalue weighted by Gasteiger charge is -2.35. The standard InChI is InChI=1S/C22H27NO3/c1-14-10-15(2)20(16(3)11-14)21(24)23-13-22(25)9-5-6-17-12-18(26-4)7-8-19(17)22/h7-8,10-12,25H,5-6,9,13H2,1-4H3,(H,23,24). The van der Waals surface area contributed by atoms with E-state index in [1.54, 1.807) is 7.11 Å². The Bertz CT molecular complexity index is 820. The largest absolute Gasteiger partial charge is 0.497 e. The number of aliphatic hydroxyl groups is 1. The quantitative estimate of drug-likeness (QED) is 0.883. The van der Waals surface area contributed by atoms with E-state index in [1.807, 2.05) is 51.1 Å². The van der Waals surface area contributed by atoms with Crippen molar-refractivity contribution in [2.75, 3.05) is 13.7 Å². The molecule has 4 heteroatoms. The lowest BCUT2D eigenvalue weighted by atomic mass is 9.79. The van der Waals surface area contributed by atoms with Gasteiger partial charge in [-0.15, -0.1) is 0 Å². The van der Waals surface area contributed by atoms with Crippen LogP contribution in [-0.4, -0.2) is 24.7 Å². The summed E-state index contributed by atoms with van der Waals surface area (Å²) >= 11 is 0. The van der Waals surface area contributed by atoms with Crippen molar-refractivity contribution in [2.45, 2.75) is 45.6 Å². The van der Waals surface area contributed by atoms with Gasteiger partial charge in [0.1, 0.15) is 11.4 Å². The van der Waals surface area contributed by atoms with Gasteiger partial charge in [0.15, 0.2) is 0 Å². The van der Waals surface area contributed by atoms with E-state index < -0.39 is 5.60 Å². The van der Waals surface area contributed by atoms with Gasteiger partial charge in [0.2, 0.25) is 0 Å². The summed E-state index contributed by atoms with van der Waals surface area (Å²) < 4.78 is 5.29. The molecule has 4 nitrogen and oxygen atoms in total. The molecule has 2 N–H and O–H groups in total. The molecule has 0 fully saturated rings. The Morgan fingerprint density at radius 2 is 1.88 bits per heavy atom. The molecule has 1 aliphatic rings. The highest BCUT2D eigenvalue weighted by Crippen LogP contribution is 2.36. The number of carbonyl (C=O) groups excluding carboxylic acids is 1. The molecule has 0 heterocycles. The summed E-state index contributed by atoms with van der Waals surface area (Å²) in [5, 5.41) is 14.2. The highest BCUT2D eigenvalue weighted by atomic mass is 16.5. The lowest BCUT2D eigenvalue weighted by molar-refractivity contribution is 0.0188. The summed E-state index contributed by atoms with van der Waals surface area (Å²) in [6.45, 7) is 6.13. The third-order valence-corrected chi connectivity index (χ3v) is 5.30. The minimum Gasteiger partial charge on any atom is -0.497 e. The van der Waals surface area contributed by atoms with Gasteiger partial charge in [-0.05, 0) is 74.4 Å². The van der Waals surface area contributed by atoms with Crippen LogP contribution in [0.1, 0.15) is 51.0 Å². The van der Waals surface area contributed by atoms with Crippen LogP contribution in [0.15, 0.2) is 30.3 Å². The predicted octanol–water partition coefficient (Wildman–Crippen LogP) is 3.57. The molecule has 0 saturated carbocycles. The van der Waals surface area contributed by atoms with E-state index >= 15 is 0 Å². The predicted molar refractivity (Wildman–Crippen MR) is 103 cm³/mol. The van der Waals surface area contributed by atoms with E-state index in [2.05, 4.69) is 5.32 Å². The summed E-state index contributed by atoms with van der Waals surface area (Å²) in [5.41, 5.74) is 4.70. The van der Waals surface area contributed by atoms with Crippen molar-refractivity contribution in [3.05, 3.63) is 63.7 Å². The van der Waals surface area contributed by atoms with Crippen molar-refractivity contribution >= 4 is 5.91 Å². The Labute approximate surface area is 155 Å². The number of hydrogen-bond acceptors (Lipinski definition) is 3. The van der Waals surface area contributed by atoms with Gasteiger partial charge >= 0.3 is 0 Å². The van der Waals surface area contributed by atoms with Gasteiger partial charge in [0.05, 0.1) is 13.7 Å². The topological polar surface area (TPSA) is 58.6 Å². The van der Waals surface area contributed by atoms with E-state index in [4.69, 9.17) is 4.74 Å². The van der Waals surface area contributed by atoms with Crippen LogP contribution in [0.3, 0.4) is 0 Å². The highest BCUT2D eigenvalue weighted by molar-refractivity contribution is 5.97. The van der Waals surface area contributed by atoms with Crippen molar-refractivity contribution in [3.8, 4) is 5.75 Å². The van der Waals surface area contributed by atoms with Gasteiger partial charge in [0, 0.05) is 5.56 Å². The van der Waals surface area contributed by atoms with Crippen LogP contribution in [0.5, 0.6) is 5.75 Å². The summed E-state index contributed by atoms with van der Waals surface area (Å²) in [7, 11) is 1.64. The number of aryl methyl sites for hydroxylation is 4. The van der Waals surface area contributed by atoms with Crippen LogP contribution in [0.4, 0.5) is 0 Å². The Hall–Kier alpha value is -2.33. The molecule has 3 rings (SSSR count). The SMILES string of the molecule is COc1ccc2c(c1)CCCC2(O)CNC(=O)c1c(C)cc(C)cc1C. The summed E-state index contributed by atoms with van der Waals surface area (Å²) in [6.07, 6.45) is 2.44. The zero-order chi connectivity index (χ0) is 18.9. The third-order valence-electron chi connectivity index (χ3n) is 5.30. The molecule has 0 aliphatic heterocycles. The maximum atomic E-state index is 12.8. The maximum Gasteiger partial charge on any atom is 0.251 e. The Balaban J connectivity index is 1.81. The van der Waals surface area contributed by atoms with Crippen LogP contribution in [0, 0.1) is 20.8 Å². The molecule has 26 heavy (non-hydrogen) atoms. The number of carbonyl (C=O) groups is 1. The second-order valence-electron chi connectivity index (χ2n) is 7.36. The maximum absolute atomic E-state index is 12.8. The normalized spacial score (nSPS) is 19.0. The zero-order valence-electron chi connectivity index (χ0n) is 16.0. The average Bonchev–Trinajstić information content (AvgIpc) is 2.59. The molecule has 0 saturated heterocycles. The van der Waals surface area contributed by atoms with Crippen molar-refractivity contribution in [1.29, 1.82) is 0 Å². The zero-order valence-corrected chi connectivity index (χ0v) is 16.0. The Morgan fingerprint density at radius 1 is 1.19 bits per heavy atom. The first-order valence-electron chi connectivity index (χ1n) is 9.10. The van der Waals surface area contributed by atoms with Crippen molar-refractivity contribution in [3.63, 3.8) is 0 Å². The molecule has 2 aromatic rings.